The van der Waals surface area contributed by atoms with Crippen LogP contribution in [-0.2, 0) is 13.0 Å². The zero-order valence-electron chi connectivity index (χ0n) is 21.9. The number of aryl methyl sites for hydroxylation is 1. The third-order valence-electron chi connectivity index (χ3n) is 7.38. The molecule has 12 nitrogen and oxygen atoms in total. The van der Waals surface area contributed by atoms with Gasteiger partial charge in [-0.1, -0.05) is 11.6 Å². The number of H-pyrrole nitrogens is 1. The molecule has 4 heterocycles. The maximum Gasteiger partial charge on any atom is 0.287 e. The highest BCUT2D eigenvalue weighted by Gasteiger charge is 2.36. The van der Waals surface area contributed by atoms with E-state index >= 15 is 0 Å². The largest absolute Gasteiger partial charge is 0.425 e. The molecule has 14 heteroatoms. The van der Waals surface area contributed by atoms with Crippen molar-refractivity contribution in [2.75, 3.05) is 13.6 Å². The minimum absolute atomic E-state index is 0.0823. The molecule has 1 aliphatic heterocycles. The van der Waals surface area contributed by atoms with E-state index in [1.165, 1.54) is 17.4 Å². The minimum Gasteiger partial charge on any atom is -0.425 e. The first-order chi connectivity index (χ1) is 19.2. The number of hydrogen-bond donors (Lipinski definition) is 3. The summed E-state index contributed by atoms with van der Waals surface area (Å²) in [6.07, 6.45) is 2.48. The molecule has 3 N–H and O–H groups in total. The molecule has 0 saturated heterocycles. The van der Waals surface area contributed by atoms with Gasteiger partial charge in [0.2, 0.25) is 11.8 Å². The molecule has 1 saturated carbocycles. The molecular weight excluding hydrogens is 556 g/mol. The van der Waals surface area contributed by atoms with Gasteiger partial charge in [-0.3, -0.25) is 14.4 Å². The van der Waals surface area contributed by atoms with E-state index in [4.69, 9.17) is 16.0 Å². The Morgan fingerprint density at radius 3 is 2.77 bits per heavy atom. The number of aromatic amines is 1. The molecule has 0 radical (unpaired) electrons. The van der Waals surface area contributed by atoms with Crippen LogP contribution in [0.15, 0.2) is 27.4 Å². The normalized spacial score (nSPS) is 21.2. The lowest BCUT2D eigenvalue weighted by Crippen LogP contribution is -2.54. The standard InChI is InChI=1S/C26H27ClN8O4S/c1-12-33-34-25(39-12)13-3-5-17(29-23(37)21-28-16-6-4-14(27)10-15(16)22(36)32-21)19(9-13)30-24(38)26-31-18-7-8-35(2)11-20(18)40-26/h4,6,10,13,17,19H,3,5,7-9,11H2,1-2H3,(H,29,37)(H,30,38)(H,28,32,36)/t13-,17-,19+/m0/s1. The maximum absolute atomic E-state index is 13.4. The second-order valence-electron chi connectivity index (χ2n) is 10.3. The van der Waals surface area contributed by atoms with Crippen molar-refractivity contribution in [2.45, 2.75) is 57.2 Å². The summed E-state index contributed by atoms with van der Waals surface area (Å²) in [5.74, 6) is -0.0522. The quantitative estimate of drug-likeness (QED) is 0.321. The number of aromatic nitrogens is 5. The second-order valence-corrected chi connectivity index (χ2v) is 11.8. The van der Waals surface area contributed by atoms with Crippen molar-refractivity contribution in [2.24, 2.45) is 0 Å². The highest BCUT2D eigenvalue weighted by Crippen LogP contribution is 2.33. The lowest BCUT2D eigenvalue weighted by atomic mass is 9.82. The number of nitrogens with zero attached hydrogens (tertiary/aromatic N) is 5. The van der Waals surface area contributed by atoms with Crippen LogP contribution in [0.1, 0.15) is 68.0 Å². The Bertz CT molecular complexity index is 1670. The van der Waals surface area contributed by atoms with Crippen LogP contribution < -0.4 is 16.2 Å². The first kappa shape index (κ1) is 26.5. The van der Waals surface area contributed by atoms with Crippen LogP contribution in [0.2, 0.25) is 5.02 Å². The van der Waals surface area contributed by atoms with Gasteiger partial charge in [0.25, 0.3) is 17.4 Å². The van der Waals surface area contributed by atoms with Crippen molar-refractivity contribution in [3.8, 4) is 0 Å². The lowest BCUT2D eigenvalue weighted by molar-refractivity contribution is 0.0847. The monoisotopic (exact) mass is 582 g/mol. The van der Waals surface area contributed by atoms with Gasteiger partial charge in [-0.15, -0.1) is 21.5 Å². The van der Waals surface area contributed by atoms with Crippen molar-refractivity contribution in [1.82, 2.24) is 40.7 Å². The summed E-state index contributed by atoms with van der Waals surface area (Å²) in [5, 5.41) is 15.3. The van der Waals surface area contributed by atoms with Gasteiger partial charge in [-0.25, -0.2) is 4.98 Å². The Hall–Kier alpha value is -3.68. The van der Waals surface area contributed by atoms with E-state index in [0.29, 0.717) is 52.0 Å². The van der Waals surface area contributed by atoms with Crippen molar-refractivity contribution >= 4 is 45.7 Å². The molecule has 4 aromatic rings. The van der Waals surface area contributed by atoms with Crippen LogP contribution in [0.5, 0.6) is 0 Å². The average Bonchev–Trinajstić information content (AvgIpc) is 3.56. The molecule has 40 heavy (non-hydrogen) atoms. The third kappa shape index (κ3) is 5.36. The molecule has 2 amide bonds. The number of thiazole rings is 1. The summed E-state index contributed by atoms with van der Waals surface area (Å²) >= 11 is 7.40. The second kappa shape index (κ2) is 10.7. The highest BCUT2D eigenvalue weighted by molar-refractivity contribution is 7.13. The molecule has 208 valence electrons. The number of hydrogen-bond acceptors (Lipinski definition) is 10. The minimum atomic E-state index is -0.555. The van der Waals surface area contributed by atoms with Gasteiger partial charge in [0.15, 0.2) is 10.8 Å². The van der Waals surface area contributed by atoms with E-state index in [0.717, 1.165) is 30.1 Å². The fourth-order valence-corrected chi connectivity index (χ4v) is 6.58. The summed E-state index contributed by atoms with van der Waals surface area (Å²) < 4.78 is 5.68. The van der Waals surface area contributed by atoms with E-state index < -0.39 is 23.6 Å². The predicted octanol–water partition coefficient (Wildman–Crippen LogP) is 2.58. The van der Waals surface area contributed by atoms with Crippen molar-refractivity contribution < 1.29 is 14.0 Å². The molecule has 0 unspecified atom stereocenters. The van der Waals surface area contributed by atoms with Crippen LogP contribution in [-0.4, -0.2) is 67.5 Å². The first-order valence-electron chi connectivity index (χ1n) is 13.0. The average molecular weight is 583 g/mol. The zero-order chi connectivity index (χ0) is 28.0. The highest BCUT2D eigenvalue weighted by atomic mass is 35.5. The summed E-state index contributed by atoms with van der Waals surface area (Å²) in [6.45, 7) is 3.40. The van der Waals surface area contributed by atoms with Gasteiger partial charge in [0.05, 0.1) is 22.6 Å². The Labute approximate surface area is 237 Å². The number of carbonyl (C=O) groups is 2. The Morgan fingerprint density at radius 2 is 1.98 bits per heavy atom. The van der Waals surface area contributed by atoms with Gasteiger partial charge < -0.3 is 24.9 Å². The molecule has 0 bridgehead atoms. The van der Waals surface area contributed by atoms with Crippen LogP contribution in [0.3, 0.4) is 0 Å². The van der Waals surface area contributed by atoms with E-state index in [-0.39, 0.29) is 17.6 Å². The van der Waals surface area contributed by atoms with Crippen LogP contribution >= 0.6 is 22.9 Å². The topological polar surface area (TPSA) is 159 Å². The first-order valence-corrected chi connectivity index (χ1v) is 14.2. The van der Waals surface area contributed by atoms with Crippen molar-refractivity contribution in [3.63, 3.8) is 0 Å². The summed E-state index contributed by atoms with van der Waals surface area (Å²) in [7, 11) is 2.05. The lowest BCUT2D eigenvalue weighted by Gasteiger charge is -2.35. The fourth-order valence-electron chi connectivity index (χ4n) is 5.32. The number of rotatable bonds is 5. The third-order valence-corrected chi connectivity index (χ3v) is 8.70. The Kier molecular flexibility index (Phi) is 7.11. The Balaban J connectivity index is 1.23. The number of fused-ring (bicyclic) bond motifs is 2. The molecule has 1 fully saturated rings. The number of amides is 2. The molecule has 2 aliphatic rings. The Morgan fingerprint density at radius 1 is 1.15 bits per heavy atom. The SMILES string of the molecule is Cc1nnc([C@H]2CC[C@H](NC(=O)c3nc(=O)c4cc(Cl)ccc4[nH]3)[C@H](NC(=O)c3nc4c(s3)CN(C)CC4)C2)o1. The van der Waals surface area contributed by atoms with E-state index in [9.17, 15) is 14.4 Å². The molecule has 3 atom stereocenters. The van der Waals surface area contributed by atoms with Gasteiger partial charge in [0, 0.05) is 48.3 Å². The van der Waals surface area contributed by atoms with E-state index in [2.05, 4.69) is 40.7 Å². The van der Waals surface area contributed by atoms with Crippen LogP contribution in [0.4, 0.5) is 0 Å². The van der Waals surface area contributed by atoms with Gasteiger partial charge in [-0.05, 0) is 44.5 Å². The van der Waals surface area contributed by atoms with Crippen LogP contribution in [0, 0.1) is 6.92 Å². The van der Waals surface area contributed by atoms with Gasteiger partial charge in [0.1, 0.15) is 0 Å². The van der Waals surface area contributed by atoms with Gasteiger partial charge in [-0.2, -0.15) is 4.98 Å². The smallest absolute Gasteiger partial charge is 0.287 e. The molecule has 6 rings (SSSR count). The van der Waals surface area contributed by atoms with Crippen molar-refractivity contribution in [1.29, 1.82) is 0 Å². The fraction of sp³-hybridized carbons (Fsp3) is 0.423. The molecule has 0 spiro atoms. The zero-order valence-corrected chi connectivity index (χ0v) is 23.4. The molecule has 1 aromatic carbocycles. The summed E-state index contributed by atoms with van der Waals surface area (Å²) in [6, 6.07) is 3.89. The van der Waals surface area contributed by atoms with Crippen LogP contribution in [0.25, 0.3) is 10.9 Å². The van der Waals surface area contributed by atoms with Crippen molar-refractivity contribution in [3.05, 3.63) is 66.8 Å². The summed E-state index contributed by atoms with van der Waals surface area (Å²) in [4.78, 5) is 53.9. The number of halogens is 1. The number of nitrogens with one attached hydrogen (secondary N) is 3. The maximum atomic E-state index is 13.4. The molecule has 1 aliphatic carbocycles. The summed E-state index contributed by atoms with van der Waals surface area (Å²) in [5.41, 5.74) is 0.863. The van der Waals surface area contributed by atoms with E-state index in [1.54, 1.807) is 19.1 Å². The van der Waals surface area contributed by atoms with Gasteiger partial charge >= 0.3 is 0 Å². The molecular formula is C26H27ClN8O4S. The number of benzene rings is 1. The molecule has 3 aromatic heterocycles. The predicted molar refractivity (Wildman–Crippen MR) is 148 cm³/mol. The number of likely N-dealkylation sites (N-methyl/N-ethyl adjacent to an activating group) is 1. The number of carbonyl (C=O) groups excluding carboxylic acids is 2. The van der Waals surface area contributed by atoms with E-state index in [1.807, 2.05) is 7.05 Å².